The van der Waals surface area contributed by atoms with E-state index in [1.54, 1.807) is 0 Å². The van der Waals surface area contributed by atoms with E-state index in [1.807, 2.05) is 18.3 Å². The Kier molecular flexibility index (Phi) is 8.99. The first-order valence-electron chi connectivity index (χ1n) is 19.9. The second-order valence-electron chi connectivity index (χ2n) is 16.0. The fourth-order valence-corrected chi connectivity index (χ4v) is 14.3. The van der Waals surface area contributed by atoms with Crippen molar-refractivity contribution in [2.75, 3.05) is 0 Å². The van der Waals surface area contributed by atoms with Crippen LogP contribution in [0.1, 0.15) is 47.7 Å². The van der Waals surface area contributed by atoms with E-state index in [4.69, 9.17) is 14.4 Å². The summed E-state index contributed by atoms with van der Waals surface area (Å²) in [6.45, 7) is 4.63. The fourth-order valence-electron chi connectivity index (χ4n) is 9.74. The first-order chi connectivity index (χ1) is 28.4. The average molecular weight is 868 g/mol. The first-order valence-corrected chi connectivity index (χ1v) is 21.9. The van der Waals surface area contributed by atoms with E-state index in [0.717, 1.165) is 60.8 Å². The van der Waals surface area contributed by atoms with Gasteiger partial charge in [0.15, 0.2) is 0 Å². The van der Waals surface area contributed by atoms with Gasteiger partial charge in [-0.05, 0) is 63.5 Å². The van der Waals surface area contributed by atoms with Crippen LogP contribution in [0.5, 0.6) is 0 Å². The Morgan fingerprint density at radius 2 is 1.31 bits per heavy atom. The molecule has 0 saturated heterocycles. The molecule has 286 valence electrons. The van der Waals surface area contributed by atoms with Crippen molar-refractivity contribution in [3.63, 3.8) is 0 Å². The maximum atomic E-state index is 6.49. The van der Waals surface area contributed by atoms with Gasteiger partial charge in [0.25, 0.3) is 0 Å². The van der Waals surface area contributed by atoms with Gasteiger partial charge < -0.3 is 8.98 Å². The molecule has 1 aliphatic rings. The van der Waals surface area contributed by atoms with Crippen molar-refractivity contribution in [3.05, 3.63) is 216 Å². The Morgan fingerprint density at radius 1 is 0.627 bits per heavy atom. The standard InChI is InChI=1S/C53H39N3OSi.Pd/c1-53(2)44-26-16-30-54-51(44)50(43-33-42-41-25-10-13-29-48(41)57-49(42)34-45(43)53)35-17-14-23-39(31-35)58(37-19-6-4-7-20-37,38-21-8-5-9-22-38)40-24-15-18-36(32-40)52-55-46-27-11-12-28-47(46)56(52)3;/h4-30,33-34,50H,1-3H3;/q-2;+2. The number of furan rings is 1. The van der Waals surface area contributed by atoms with Crippen LogP contribution >= 0.6 is 0 Å². The Balaban J connectivity index is 0.00000420. The molecule has 0 amide bonds. The van der Waals surface area contributed by atoms with Crippen molar-refractivity contribution in [1.29, 1.82) is 0 Å². The number of aryl methyl sites for hydroxylation is 1. The molecular weight excluding hydrogens is 829 g/mol. The van der Waals surface area contributed by atoms with Crippen molar-refractivity contribution >= 4 is 61.8 Å². The minimum Gasteiger partial charge on any atom is -0.456 e. The minimum absolute atomic E-state index is 0. The van der Waals surface area contributed by atoms with E-state index >= 15 is 0 Å². The largest absolute Gasteiger partial charge is 2.00 e. The third kappa shape index (κ3) is 5.66. The Morgan fingerprint density at radius 3 is 2.07 bits per heavy atom. The average Bonchev–Trinajstić information content (AvgIpc) is 3.81. The molecule has 10 aromatic rings. The molecular formula is C53H39N3OPdSi. The van der Waals surface area contributed by atoms with Crippen molar-refractivity contribution in [3.8, 4) is 11.4 Å². The molecule has 7 aromatic carbocycles. The summed E-state index contributed by atoms with van der Waals surface area (Å²) in [4.78, 5) is 10.3. The van der Waals surface area contributed by atoms with Crippen LogP contribution in [-0.4, -0.2) is 22.6 Å². The number of fused-ring (bicyclic) bond motifs is 6. The summed E-state index contributed by atoms with van der Waals surface area (Å²) in [6, 6.07) is 69.3. The number of rotatable bonds is 6. The second kappa shape index (κ2) is 14.3. The van der Waals surface area contributed by atoms with Crippen LogP contribution in [-0.2, 0) is 32.9 Å². The van der Waals surface area contributed by atoms with Gasteiger partial charge in [0.2, 0.25) is 0 Å². The van der Waals surface area contributed by atoms with Gasteiger partial charge in [-0.15, -0.1) is 40.6 Å². The molecule has 0 N–H and O–H groups in total. The molecule has 1 atom stereocenters. The summed E-state index contributed by atoms with van der Waals surface area (Å²) >= 11 is 0. The number of benzene rings is 7. The maximum Gasteiger partial charge on any atom is 2.00 e. The zero-order valence-corrected chi connectivity index (χ0v) is 35.4. The molecule has 0 radical (unpaired) electrons. The predicted molar refractivity (Wildman–Crippen MR) is 238 cm³/mol. The normalized spacial score (nSPS) is 14.5. The molecule has 0 saturated carbocycles. The van der Waals surface area contributed by atoms with Crippen molar-refractivity contribution in [2.24, 2.45) is 7.05 Å². The SMILES string of the molecule is Cn1c(-c2[c-]c([Si](c3[c-]c(C4c5cc6c(cc5C(C)(C)c5cccnc54)oc4ccccc46)ccc3)(c3ccccc3)c3ccccc3)ccc2)nc2ccccc21.[Pd+2]. The van der Waals surface area contributed by atoms with E-state index < -0.39 is 8.07 Å². The molecule has 6 heteroatoms. The maximum absolute atomic E-state index is 6.49. The number of para-hydroxylation sites is 3. The molecule has 4 nitrogen and oxygen atoms in total. The van der Waals surface area contributed by atoms with Gasteiger partial charge in [0.05, 0.1) is 22.6 Å². The van der Waals surface area contributed by atoms with E-state index in [9.17, 15) is 0 Å². The number of aromatic nitrogens is 3. The number of hydrogen-bond acceptors (Lipinski definition) is 3. The summed E-state index contributed by atoms with van der Waals surface area (Å²) in [7, 11) is -0.986. The third-order valence-corrected chi connectivity index (χ3v) is 17.1. The van der Waals surface area contributed by atoms with Crippen LogP contribution in [0.2, 0.25) is 0 Å². The molecule has 0 aliphatic heterocycles. The Bertz CT molecular complexity index is 3150. The Hall–Kier alpha value is -6.16. The molecule has 0 bridgehead atoms. The summed E-state index contributed by atoms with van der Waals surface area (Å²) in [5, 5.41) is 7.09. The van der Waals surface area contributed by atoms with E-state index in [1.165, 1.54) is 32.3 Å². The predicted octanol–water partition coefficient (Wildman–Crippen LogP) is 9.33. The van der Waals surface area contributed by atoms with Crippen LogP contribution < -0.4 is 20.7 Å². The first kappa shape index (κ1) is 37.1. The van der Waals surface area contributed by atoms with Gasteiger partial charge >= 0.3 is 20.4 Å². The van der Waals surface area contributed by atoms with Crippen molar-refractivity contribution < 1.29 is 24.8 Å². The molecule has 59 heavy (non-hydrogen) atoms. The van der Waals surface area contributed by atoms with Crippen LogP contribution in [0, 0.1) is 12.1 Å². The zero-order valence-electron chi connectivity index (χ0n) is 32.9. The number of nitrogens with zero attached hydrogens (tertiary/aromatic N) is 3. The molecule has 0 fully saturated rings. The molecule has 3 heterocycles. The summed E-state index contributed by atoms with van der Waals surface area (Å²) in [5.41, 5.74) is 10.4. The van der Waals surface area contributed by atoms with Crippen LogP contribution in [0.15, 0.2) is 180 Å². The fraction of sp³-hybridized carbons (Fsp3) is 0.0943. The van der Waals surface area contributed by atoms with Gasteiger partial charge in [-0.3, -0.25) is 9.97 Å². The third-order valence-electron chi connectivity index (χ3n) is 12.5. The van der Waals surface area contributed by atoms with Crippen LogP contribution in [0.4, 0.5) is 0 Å². The quantitative estimate of drug-likeness (QED) is 0.0952. The topological polar surface area (TPSA) is 43.9 Å². The minimum atomic E-state index is -3.08. The van der Waals surface area contributed by atoms with E-state index in [2.05, 4.69) is 195 Å². The Labute approximate surface area is 358 Å². The molecule has 1 aliphatic carbocycles. The van der Waals surface area contributed by atoms with Crippen molar-refractivity contribution in [1.82, 2.24) is 14.5 Å². The van der Waals surface area contributed by atoms with Gasteiger partial charge in [-0.1, -0.05) is 111 Å². The van der Waals surface area contributed by atoms with Crippen LogP contribution in [0.3, 0.4) is 0 Å². The monoisotopic (exact) mass is 867 g/mol. The van der Waals surface area contributed by atoms with E-state index in [0.29, 0.717) is 0 Å². The molecule has 1 unspecified atom stereocenters. The smallest absolute Gasteiger partial charge is 0.456 e. The van der Waals surface area contributed by atoms with Gasteiger partial charge in [-0.2, -0.15) is 29.5 Å². The molecule has 0 spiro atoms. The zero-order chi connectivity index (χ0) is 39.0. The summed E-state index contributed by atoms with van der Waals surface area (Å²) < 4.78 is 8.67. The van der Waals surface area contributed by atoms with Gasteiger partial charge in [-0.25, -0.2) is 0 Å². The molecule has 11 rings (SSSR count). The van der Waals surface area contributed by atoms with Crippen molar-refractivity contribution in [2.45, 2.75) is 25.2 Å². The number of hydrogen-bond donors (Lipinski definition) is 0. The number of imidazole rings is 1. The van der Waals surface area contributed by atoms with Gasteiger partial charge in [0, 0.05) is 35.3 Å². The summed E-state index contributed by atoms with van der Waals surface area (Å²) in [6.07, 6.45) is 1.94. The van der Waals surface area contributed by atoms with Gasteiger partial charge in [0.1, 0.15) is 19.2 Å². The summed E-state index contributed by atoms with van der Waals surface area (Å²) in [5.74, 6) is 0.748. The number of pyridine rings is 1. The molecule has 3 aromatic heterocycles. The van der Waals surface area contributed by atoms with E-state index in [-0.39, 0.29) is 31.8 Å². The van der Waals surface area contributed by atoms with Crippen LogP contribution in [0.25, 0.3) is 44.4 Å². The second-order valence-corrected chi connectivity index (χ2v) is 19.7.